The first-order valence-electron chi connectivity index (χ1n) is 48.3. The van der Waals surface area contributed by atoms with Crippen LogP contribution in [0.3, 0.4) is 0 Å². The zero-order chi connectivity index (χ0) is 94.6. The second-order valence-corrected chi connectivity index (χ2v) is 37.0. The average molecular weight is 1850 g/mol. The number of thiophene rings is 1. The largest absolute Gasteiger partial charge is 0.456 e. The molecule has 0 unspecified atom stereocenters. The lowest BCUT2D eigenvalue weighted by Gasteiger charge is -2.26. The zero-order valence-electron chi connectivity index (χ0n) is 77.6. The van der Waals surface area contributed by atoms with Crippen molar-refractivity contribution < 1.29 is 13.3 Å². The van der Waals surface area contributed by atoms with E-state index >= 15 is 0 Å². The van der Waals surface area contributed by atoms with Gasteiger partial charge in [0.25, 0.3) is 0 Å². The standard InChI is InChI=1S/C66H44N4O2.C66H45N3OS/c1-6-18-45(19-7-1)67(46-20-8-2-9-21-46)51-31-36-57-59-38-33-53(43-65(59)71-63(57)41-51)69(50-30-35-56-55-28-16-17-29-61(55)70(62(56)40-50)49-26-14-5-15-27-49)54-34-39-60-58-37-32-52(42-64(58)72-66(60)44-54)68(47-22-10-3-11-23-47)48-24-12-4-13-25-48;1-6-17-46(18-7-1)48-19-16-20-49(41-48)47-29-31-54(32-30-47)69(56-34-38-60-59-37-33-55(42-63(59)70-64(60)43-56)67(50-21-8-2-9-22-50)51-23-10-3-11-24-51)58-36-40-62-61-39-35-57(44-65(61)71-66(62)45-58)68(52-25-12-4-13-26-52)53-27-14-5-15-28-53/h1-44H;1-45H. The molecule has 0 aliphatic rings. The molecule has 0 atom stereocenters. The van der Waals surface area contributed by atoms with Crippen molar-refractivity contribution in [2.24, 2.45) is 0 Å². The lowest BCUT2D eigenvalue weighted by atomic mass is 9.99. The number of furan rings is 3. The molecule has 0 bridgehead atoms. The summed E-state index contributed by atoms with van der Waals surface area (Å²) in [7, 11) is 0. The summed E-state index contributed by atoms with van der Waals surface area (Å²) in [5.74, 6) is 0. The van der Waals surface area contributed by atoms with Gasteiger partial charge >= 0.3 is 0 Å². The van der Waals surface area contributed by atoms with Crippen molar-refractivity contribution in [2.75, 3.05) is 29.4 Å². The van der Waals surface area contributed by atoms with Gasteiger partial charge in [-0.15, -0.1) is 11.3 Å². The molecule has 27 rings (SSSR count). The second kappa shape index (κ2) is 36.5. The number of aromatic nitrogens is 1. The summed E-state index contributed by atoms with van der Waals surface area (Å²) in [6.07, 6.45) is 0. The van der Waals surface area contributed by atoms with E-state index in [1.165, 1.54) is 47.6 Å². The maximum Gasteiger partial charge on any atom is 0.137 e. The van der Waals surface area contributed by atoms with Crippen LogP contribution in [0.1, 0.15) is 0 Å². The number of fused-ring (bicyclic) bond motifs is 15. The van der Waals surface area contributed by atoms with Crippen LogP contribution in [0.15, 0.2) is 553 Å². The Morgan fingerprint density at radius 1 is 0.140 bits per heavy atom. The predicted octanol–water partition coefficient (Wildman–Crippen LogP) is 38.7. The summed E-state index contributed by atoms with van der Waals surface area (Å²) < 4.78 is 25.5. The average Bonchev–Trinajstić information content (AvgIpc) is 1.58. The third-order valence-corrected chi connectivity index (χ3v) is 28.4. The van der Waals surface area contributed by atoms with Gasteiger partial charge in [-0.3, -0.25) is 0 Å². The number of anilines is 18. The number of benzene rings is 22. The second-order valence-electron chi connectivity index (χ2n) is 35.9. The lowest BCUT2D eigenvalue weighted by molar-refractivity contribution is 0.668. The van der Waals surface area contributed by atoms with Crippen molar-refractivity contribution in [3.05, 3.63) is 540 Å². The van der Waals surface area contributed by atoms with Crippen LogP contribution in [0.2, 0.25) is 0 Å². The molecule has 143 heavy (non-hydrogen) atoms. The summed E-state index contributed by atoms with van der Waals surface area (Å²) in [6, 6.07) is 192. The van der Waals surface area contributed by atoms with E-state index < -0.39 is 0 Å². The van der Waals surface area contributed by atoms with Crippen molar-refractivity contribution in [1.82, 2.24) is 4.57 Å². The highest BCUT2D eigenvalue weighted by molar-refractivity contribution is 7.25. The summed E-state index contributed by atoms with van der Waals surface area (Å²) in [6.45, 7) is 0. The molecule has 0 aliphatic carbocycles. The Morgan fingerprint density at radius 2 is 0.357 bits per heavy atom. The molecular formula is C132H89N7O3S. The maximum absolute atomic E-state index is 6.89. The summed E-state index contributed by atoms with van der Waals surface area (Å²) in [5, 5.41) is 11.2. The molecule has 0 N–H and O–H groups in total. The van der Waals surface area contributed by atoms with E-state index in [9.17, 15) is 0 Å². The fourth-order valence-corrected chi connectivity index (χ4v) is 21.9. The Kier molecular flexibility index (Phi) is 21.6. The Bertz CT molecular complexity index is 8790. The van der Waals surface area contributed by atoms with Gasteiger partial charge < -0.3 is 47.2 Å². The minimum absolute atomic E-state index is 0.800. The molecule has 676 valence electrons. The normalized spacial score (nSPS) is 11.5. The van der Waals surface area contributed by atoms with Gasteiger partial charge in [0.1, 0.15) is 33.5 Å². The molecule has 0 spiro atoms. The molecule has 11 heteroatoms. The topological polar surface area (TPSA) is 63.8 Å². The maximum atomic E-state index is 6.89. The minimum atomic E-state index is 0.800. The van der Waals surface area contributed by atoms with Gasteiger partial charge in [0, 0.05) is 208 Å². The molecule has 0 amide bonds. The third-order valence-electron chi connectivity index (χ3n) is 27.3. The number of rotatable bonds is 21. The van der Waals surface area contributed by atoms with E-state index in [0.717, 1.165) is 190 Å². The molecule has 5 heterocycles. The summed E-state index contributed by atoms with van der Waals surface area (Å²) in [5.41, 5.74) is 31.9. The molecule has 5 aromatic heterocycles. The first-order chi connectivity index (χ1) is 70.9. The number of nitrogens with zero attached hydrogens (tertiary/aromatic N) is 7. The van der Waals surface area contributed by atoms with Gasteiger partial charge in [0.15, 0.2) is 0 Å². The highest BCUT2D eigenvalue weighted by atomic mass is 32.1. The lowest BCUT2D eigenvalue weighted by Crippen LogP contribution is -2.10. The van der Waals surface area contributed by atoms with Gasteiger partial charge in [0.05, 0.1) is 11.0 Å². The van der Waals surface area contributed by atoms with E-state index in [1.807, 2.05) is 35.6 Å². The van der Waals surface area contributed by atoms with Crippen molar-refractivity contribution >= 4 is 222 Å². The smallest absolute Gasteiger partial charge is 0.137 e. The Balaban J connectivity index is 0.000000146. The van der Waals surface area contributed by atoms with Crippen molar-refractivity contribution in [1.29, 1.82) is 0 Å². The Labute approximate surface area is 830 Å². The van der Waals surface area contributed by atoms with Gasteiger partial charge in [-0.05, 0) is 265 Å². The van der Waals surface area contributed by atoms with Crippen molar-refractivity contribution in [2.45, 2.75) is 0 Å². The van der Waals surface area contributed by atoms with Crippen LogP contribution in [0.25, 0.3) is 136 Å². The van der Waals surface area contributed by atoms with Gasteiger partial charge in [-0.2, -0.15) is 0 Å². The quantitative estimate of drug-likeness (QED) is 0.0700. The zero-order valence-corrected chi connectivity index (χ0v) is 78.5. The monoisotopic (exact) mass is 1850 g/mol. The summed E-state index contributed by atoms with van der Waals surface area (Å²) >= 11 is 1.83. The van der Waals surface area contributed by atoms with E-state index in [2.05, 4.69) is 550 Å². The predicted molar refractivity (Wildman–Crippen MR) is 601 cm³/mol. The van der Waals surface area contributed by atoms with Crippen molar-refractivity contribution in [3.8, 4) is 27.9 Å². The number of para-hydroxylation sites is 10. The molecule has 0 radical (unpaired) electrons. The molecule has 22 aromatic carbocycles. The molecule has 0 saturated carbocycles. The molecule has 0 saturated heterocycles. The minimum Gasteiger partial charge on any atom is -0.456 e. The van der Waals surface area contributed by atoms with Crippen LogP contribution in [0.5, 0.6) is 0 Å². The number of hydrogen-bond acceptors (Lipinski definition) is 10. The number of hydrogen-bond donors (Lipinski definition) is 0. The SMILES string of the molecule is c1ccc(-c2cccc(-c3ccc(N(c4ccc5c(c4)oc4cc(N(c6ccccc6)c6ccccc6)ccc45)c4ccc5c(c4)sc4cc(N(c6ccccc6)c6ccccc6)ccc45)cc3)c2)cc1.c1ccc(N(c2ccccc2)c2ccc3c(c2)oc2cc(N(c4ccc5c(c4)oc4cc(N(c6ccccc6)c6ccccc6)ccc45)c4ccc5c6ccccc6n(-c6ccccc6)c5c4)ccc23)cc1. The van der Waals surface area contributed by atoms with Crippen LogP contribution in [0, 0.1) is 0 Å². The van der Waals surface area contributed by atoms with Crippen LogP contribution in [-0.2, 0) is 0 Å². The molecular weight excluding hydrogens is 1760 g/mol. The highest BCUT2D eigenvalue weighted by Crippen LogP contribution is 2.51. The van der Waals surface area contributed by atoms with E-state index in [0.29, 0.717) is 0 Å². The van der Waals surface area contributed by atoms with Crippen LogP contribution < -0.4 is 29.4 Å². The molecule has 27 aromatic rings. The molecule has 0 fully saturated rings. The van der Waals surface area contributed by atoms with Crippen LogP contribution >= 0.6 is 11.3 Å². The van der Waals surface area contributed by atoms with Gasteiger partial charge in [-0.25, -0.2) is 0 Å². The molecule has 0 aliphatic heterocycles. The fourth-order valence-electron chi connectivity index (χ4n) is 20.7. The van der Waals surface area contributed by atoms with Crippen LogP contribution in [0.4, 0.5) is 102 Å². The van der Waals surface area contributed by atoms with E-state index in [-0.39, 0.29) is 0 Å². The fraction of sp³-hybridized carbons (Fsp3) is 0. The van der Waals surface area contributed by atoms with Gasteiger partial charge in [-0.1, -0.05) is 261 Å². The van der Waals surface area contributed by atoms with Crippen molar-refractivity contribution in [3.63, 3.8) is 0 Å². The van der Waals surface area contributed by atoms with Gasteiger partial charge in [0.2, 0.25) is 0 Å². The first-order valence-corrected chi connectivity index (χ1v) is 49.1. The summed E-state index contributed by atoms with van der Waals surface area (Å²) in [4.78, 5) is 13.8. The van der Waals surface area contributed by atoms with Crippen LogP contribution in [-0.4, -0.2) is 4.57 Å². The highest BCUT2D eigenvalue weighted by Gasteiger charge is 2.27. The first kappa shape index (κ1) is 84.6. The third kappa shape index (κ3) is 15.9. The Morgan fingerprint density at radius 3 is 0.678 bits per heavy atom. The molecule has 10 nitrogen and oxygen atoms in total. The Hall–Kier alpha value is -18.9. The van der Waals surface area contributed by atoms with E-state index in [1.54, 1.807) is 0 Å². The van der Waals surface area contributed by atoms with E-state index in [4.69, 9.17) is 13.3 Å².